The molecule has 23 heavy (non-hydrogen) atoms. The first kappa shape index (κ1) is 15.5. The summed E-state index contributed by atoms with van der Waals surface area (Å²) in [7, 11) is 0. The summed E-state index contributed by atoms with van der Waals surface area (Å²) in [6.45, 7) is 4.09. The van der Waals surface area contributed by atoms with E-state index in [4.69, 9.17) is 0 Å². The molecule has 0 aromatic rings. The van der Waals surface area contributed by atoms with Crippen molar-refractivity contribution in [2.24, 2.45) is 35.0 Å². The number of rotatable bonds is 1. The highest BCUT2D eigenvalue weighted by Gasteiger charge is 2.57. The van der Waals surface area contributed by atoms with Gasteiger partial charge in [-0.05, 0) is 87.0 Å². The van der Waals surface area contributed by atoms with Crippen LogP contribution in [0.15, 0.2) is 11.6 Å². The van der Waals surface area contributed by atoms with Gasteiger partial charge in [0.05, 0.1) is 0 Å². The third kappa shape index (κ3) is 2.18. The van der Waals surface area contributed by atoms with Crippen LogP contribution in [-0.2, 0) is 9.59 Å². The Morgan fingerprint density at radius 3 is 2.74 bits per heavy atom. The predicted molar refractivity (Wildman–Crippen MR) is 86.5 cm³/mol. The zero-order valence-electron chi connectivity index (χ0n) is 14.2. The summed E-state index contributed by atoms with van der Waals surface area (Å²) < 4.78 is 14.0. The Bertz CT molecular complexity index is 580. The van der Waals surface area contributed by atoms with Crippen LogP contribution in [0.25, 0.3) is 0 Å². The maximum absolute atomic E-state index is 14.0. The van der Waals surface area contributed by atoms with Crippen molar-refractivity contribution in [2.45, 2.75) is 65.0 Å². The molecule has 7 atom stereocenters. The molecule has 0 bridgehead atoms. The molecule has 0 N–H and O–H groups in total. The average Bonchev–Trinajstić information content (AvgIpc) is 2.86. The first-order valence-electron chi connectivity index (χ1n) is 9.30. The molecule has 0 radical (unpaired) electrons. The number of hydrogen-bond acceptors (Lipinski definition) is 2. The van der Waals surface area contributed by atoms with Crippen molar-refractivity contribution in [3.8, 4) is 0 Å². The van der Waals surface area contributed by atoms with Crippen molar-refractivity contribution in [3.05, 3.63) is 11.6 Å². The van der Waals surface area contributed by atoms with Crippen molar-refractivity contribution >= 4 is 11.6 Å². The normalized spacial score (nSPS) is 49.0. The summed E-state index contributed by atoms with van der Waals surface area (Å²) in [5.74, 6) is 2.33. The number of carbonyl (C=O) groups is 2. The van der Waals surface area contributed by atoms with Crippen molar-refractivity contribution in [3.63, 3.8) is 0 Å². The molecule has 0 saturated heterocycles. The number of ketones is 2. The summed E-state index contributed by atoms with van der Waals surface area (Å²) in [5, 5.41) is 0. The van der Waals surface area contributed by atoms with Crippen molar-refractivity contribution in [1.82, 2.24) is 0 Å². The summed E-state index contributed by atoms with van der Waals surface area (Å²) in [4.78, 5) is 23.7. The first-order chi connectivity index (χ1) is 10.9. The molecule has 4 rings (SSSR count). The monoisotopic (exact) mass is 318 g/mol. The standard InChI is InChI=1S/C20H27FO2/c1-11(22)16-5-6-17-14-4-3-12-9-19(23)18(21)10-15(12)13(14)7-8-20(16,17)2/h9,13-18H,3-8,10H2,1-2H3/t13-,14+,15-,16+,17-,18?,20+/m0/s1. The molecule has 4 aliphatic carbocycles. The SMILES string of the molecule is CC(=O)[C@H]1CC[C@H]2[C@@H]3CCC4=CC(=O)C(F)C[C@@H]4[C@H]3CC[C@]12C. The lowest BCUT2D eigenvalue weighted by molar-refractivity contribution is -0.127. The zero-order valence-corrected chi connectivity index (χ0v) is 14.2. The van der Waals surface area contributed by atoms with Crippen LogP contribution < -0.4 is 0 Å². The smallest absolute Gasteiger partial charge is 0.189 e. The minimum absolute atomic E-state index is 0.161. The molecule has 1 unspecified atom stereocenters. The van der Waals surface area contributed by atoms with Gasteiger partial charge in [0.1, 0.15) is 5.78 Å². The summed E-state index contributed by atoms with van der Waals surface area (Å²) in [6.07, 6.45) is 7.22. The Kier molecular flexibility index (Phi) is 3.55. The lowest BCUT2D eigenvalue weighted by atomic mass is 9.51. The summed E-state index contributed by atoms with van der Waals surface area (Å²) in [6, 6.07) is 0. The zero-order chi connectivity index (χ0) is 16.4. The van der Waals surface area contributed by atoms with E-state index in [9.17, 15) is 14.0 Å². The van der Waals surface area contributed by atoms with Crippen molar-refractivity contribution < 1.29 is 14.0 Å². The molecule has 126 valence electrons. The third-order valence-electron chi connectivity index (χ3n) is 7.84. The molecule has 0 amide bonds. The van der Waals surface area contributed by atoms with Gasteiger partial charge >= 0.3 is 0 Å². The van der Waals surface area contributed by atoms with Crippen LogP contribution in [0.4, 0.5) is 4.39 Å². The Hall–Kier alpha value is -0.990. The van der Waals surface area contributed by atoms with Gasteiger partial charge in [0, 0.05) is 5.92 Å². The number of carbonyl (C=O) groups excluding carboxylic acids is 2. The van der Waals surface area contributed by atoms with Gasteiger partial charge in [0.15, 0.2) is 12.0 Å². The van der Waals surface area contributed by atoms with Crippen molar-refractivity contribution in [2.75, 3.05) is 0 Å². The fraction of sp³-hybridized carbons (Fsp3) is 0.800. The molecule has 4 aliphatic rings. The topological polar surface area (TPSA) is 34.1 Å². The second kappa shape index (κ2) is 5.26. The van der Waals surface area contributed by atoms with Crippen LogP contribution in [0.1, 0.15) is 58.8 Å². The molecule has 0 spiro atoms. The lowest BCUT2D eigenvalue weighted by Gasteiger charge is -2.54. The number of Topliss-reactive ketones (excluding diaryl/α,β-unsaturated/α-hetero) is 1. The minimum atomic E-state index is -1.29. The number of allylic oxidation sites excluding steroid dienone is 1. The molecule has 3 heteroatoms. The van der Waals surface area contributed by atoms with E-state index in [1.54, 1.807) is 13.0 Å². The van der Waals surface area contributed by atoms with E-state index >= 15 is 0 Å². The van der Waals surface area contributed by atoms with Gasteiger partial charge in [-0.2, -0.15) is 0 Å². The Labute approximate surface area is 137 Å². The van der Waals surface area contributed by atoms with Crippen LogP contribution in [0.5, 0.6) is 0 Å². The number of fused-ring (bicyclic) bond motifs is 5. The number of hydrogen-bond donors (Lipinski definition) is 0. The van der Waals surface area contributed by atoms with Gasteiger partial charge in [0.2, 0.25) is 0 Å². The molecule has 0 aliphatic heterocycles. The summed E-state index contributed by atoms with van der Waals surface area (Å²) in [5.41, 5.74) is 1.38. The Morgan fingerprint density at radius 1 is 1.22 bits per heavy atom. The second-order valence-electron chi connectivity index (χ2n) is 8.69. The maximum atomic E-state index is 14.0. The van der Waals surface area contributed by atoms with E-state index in [1.165, 1.54) is 5.57 Å². The van der Waals surface area contributed by atoms with Crippen LogP contribution in [0, 0.1) is 35.0 Å². The van der Waals surface area contributed by atoms with Crippen LogP contribution in [0.2, 0.25) is 0 Å². The molecule has 0 heterocycles. The quantitative estimate of drug-likeness (QED) is 0.723. The highest BCUT2D eigenvalue weighted by atomic mass is 19.1. The molecular weight excluding hydrogens is 291 g/mol. The van der Waals surface area contributed by atoms with E-state index < -0.39 is 6.17 Å². The van der Waals surface area contributed by atoms with Gasteiger partial charge in [-0.25, -0.2) is 4.39 Å². The highest BCUT2D eigenvalue weighted by molar-refractivity contribution is 5.95. The largest absolute Gasteiger partial charge is 0.300 e. The highest BCUT2D eigenvalue weighted by Crippen LogP contribution is 2.63. The third-order valence-corrected chi connectivity index (χ3v) is 7.84. The van der Waals surface area contributed by atoms with Crippen molar-refractivity contribution in [1.29, 1.82) is 0 Å². The fourth-order valence-corrected chi connectivity index (χ4v) is 6.81. The van der Waals surface area contributed by atoms with E-state index in [1.807, 2.05) is 0 Å². The first-order valence-corrected chi connectivity index (χ1v) is 9.30. The maximum Gasteiger partial charge on any atom is 0.189 e. The fourth-order valence-electron chi connectivity index (χ4n) is 6.81. The molecule has 0 aromatic heterocycles. The van der Waals surface area contributed by atoms with Gasteiger partial charge in [0.25, 0.3) is 0 Å². The lowest BCUT2D eigenvalue weighted by Crippen LogP contribution is -2.48. The molecule has 0 aromatic carbocycles. The van der Waals surface area contributed by atoms with Gasteiger partial charge in [-0.15, -0.1) is 0 Å². The van der Waals surface area contributed by atoms with Gasteiger partial charge in [-0.3, -0.25) is 9.59 Å². The number of halogens is 1. The molecule has 2 nitrogen and oxygen atoms in total. The van der Waals surface area contributed by atoms with E-state index in [-0.39, 0.29) is 23.0 Å². The van der Waals surface area contributed by atoms with Crippen LogP contribution in [0.3, 0.4) is 0 Å². The molecule has 3 saturated carbocycles. The Balaban J connectivity index is 1.62. The average molecular weight is 318 g/mol. The minimum Gasteiger partial charge on any atom is -0.300 e. The van der Waals surface area contributed by atoms with Gasteiger partial charge < -0.3 is 0 Å². The second-order valence-corrected chi connectivity index (χ2v) is 8.69. The Morgan fingerprint density at radius 2 is 2.00 bits per heavy atom. The summed E-state index contributed by atoms with van der Waals surface area (Å²) >= 11 is 0. The predicted octanol–water partition coefficient (Wildman–Crippen LogP) is 4.28. The molecular formula is C20H27FO2. The van der Waals surface area contributed by atoms with E-state index in [0.29, 0.717) is 30.0 Å². The van der Waals surface area contributed by atoms with Gasteiger partial charge in [-0.1, -0.05) is 12.5 Å². The molecule has 3 fully saturated rings. The van der Waals surface area contributed by atoms with E-state index in [0.717, 1.165) is 38.5 Å². The number of alkyl halides is 1. The van der Waals surface area contributed by atoms with Crippen LogP contribution in [-0.4, -0.2) is 17.7 Å². The van der Waals surface area contributed by atoms with E-state index in [2.05, 4.69) is 6.92 Å². The van der Waals surface area contributed by atoms with Crippen LogP contribution >= 0.6 is 0 Å².